The van der Waals surface area contributed by atoms with Crippen molar-refractivity contribution in [1.29, 1.82) is 0 Å². The summed E-state index contributed by atoms with van der Waals surface area (Å²) < 4.78 is 0. The largest absolute Gasteiger partial charge is 0.354 e. The van der Waals surface area contributed by atoms with Gasteiger partial charge in [0.25, 0.3) is 5.91 Å². The monoisotopic (exact) mass is 510 g/mol. The number of nitrogens with one attached hydrogen (secondary N) is 4. The molecule has 37 heavy (non-hydrogen) atoms. The number of nitrogens with two attached hydrogens (primary N) is 1. The van der Waals surface area contributed by atoms with Gasteiger partial charge in [-0.05, 0) is 81.0 Å². The van der Waals surface area contributed by atoms with Gasteiger partial charge in [0.05, 0.1) is 7.11 Å². The van der Waals surface area contributed by atoms with Crippen molar-refractivity contribution in [1.82, 2.24) is 20.4 Å². The summed E-state index contributed by atoms with van der Waals surface area (Å²) in [5, 5.41) is 10.4. The highest BCUT2D eigenvalue weighted by atomic mass is 16.6. The van der Waals surface area contributed by atoms with Gasteiger partial charge in [0.15, 0.2) is 0 Å². The lowest BCUT2D eigenvalue weighted by Crippen LogP contribution is -2.31. The fourth-order valence-electron chi connectivity index (χ4n) is 5.48. The molecule has 10 heteroatoms. The van der Waals surface area contributed by atoms with E-state index in [2.05, 4.69) is 33.3 Å². The second-order valence-electron chi connectivity index (χ2n) is 10.6. The molecular weight excluding hydrogens is 468 g/mol. The molecule has 1 heterocycles. The van der Waals surface area contributed by atoms with E-state index in [1.807, 2.05) is 13.0 Å². The molecule has 0 spiro atoms. The van der Waals surface area contributed by atoms with Gasteiger partial charge in [0.2, 0.25) is 17.8 Å². The van der Waals surface area contributed by atoms with Crippen LogP contribution in [0.3, 0.4) is 0 Å². The Morgan fingerprint density at radius 1 is 1.03 bits per heavy atom. The summed E-state index contributed by atoms with van der Waals surface area (Å²) in [5.41, 5.74) is 10.5. The van der Waals surface area contributed by atoms with Gasteiger partial charge in [-0.1, -0.05) is 32.3 Å². The lowest BCUT2D eigenvalue weighted by molar-refractivity contribution is 0.0537. The fraction of sp³-hybridized carbons (Fsp3) is 0.630. The van der Waals surface area contributed by atoms with Crippen molar-refractivity contribution in [3.05, 3.63) is 29.3 Å². The Bertz CT molecular complexity index is 1050. The van der Waals surface area contributed by atoms with Crippen molar-refractivity contribution in [2.24, 2.45) is 23.5 Å². The number of amides is 1. The average molecular weight is 511 g/mol. The molecule has 2 saturated carbocycles. The van der Waals surface area contributed by atoms with Gasteiger partial charge in [0, 0.05) is 23.8 Å². The van der Waals surface area contributed by atoms with E-state index in [1.165, 1.54) is 45.6 Å². The SMILES string of the molecule is CONC(=O)c1ccc(C)c(Nc2nc(NCC3CCCC(CN)C3)nc(NC3CCCCC3C)n2)c1. The number of carbonyl (C=O) groups excluding carboxylic acids is 1. The van der Waals surface area contributed by atoms with E-state index < -0.39 is 0 Å². The zero-order chi connectivity index (χ0) is 26.2. The summed E-state index contributed by atoms with van der Waals surface area (Å²) in [4.78, 5) is 31.2. The van der Waals surface area contributed by atoms with Crippen molar-refractivity contribution in [3.8, 4) is 0 Å². The molecule has 1 amide bonds. The van der Waals surface area contributed by atoms with Gasteiger partial charge in [-0.25, -0.2) is 5.48 Å². The van der Waals surface area contributed by atoms with Crippen LogP contribution in [0.5, 0.6) is 0 Å². The molecule has 10 nitrogen and oxygen atoms in total. The van der Waals surface area contributed by atoms with Crippen LogP contribution in [-0.2, 0) is 4.84 Å². The number of anilines is 4. The first-order chi connectivity index (χ1) is 17.9. The smallest absolute Gasteiger partial charge is 0.274 e. The van der Waals surface area contributed by atoms with Crippen LogP contribution in [0, 0.1) is 24.7 Å². The predicted octanol–water partition coefficient (Wildman–Crippen LogP) is 4.38. The second-order valence-corrected chi connectivity index (χ2v) is 10.6. The summed E-state index contributed by atoms with van der Waals surface area (Å²) in [5.74, 6) is 2.94. The van der Waals surface area contributed by atoms with Gasteiger partial charge in [-0.2, -0.15) is 15.0 Å². The molecule has 1 aromatic carbocycles. The molecular formula is C27H42N8O2. The average Bonchev–Trinajstić information content (AvgIpc) is 2.90. The number of aromatic nitrogens is 3. The first kappa shape index (κ1) is 27.1. The minimum atomic E-state index is -0.319. The molecule has 2 aliphatic carbocycles. The van der Waals surface area contributed by atoms with Crippen LogP contribution in [-0.4, -0.2) is 47.1 Å². The highest BCUT2D eigenvalue weighted by Gasteiger charge is 2.24. The van der Waals surface area contributed by atoms with E-state index >= 15 is 0 Å². The van der Waals surface area contributed by atoms with E-state index in [4.69, 9.17) is 20.5 Å². The van der Waals surface area contributed by atoms with E-state index in [1.54, 1.807) is 12.1 Å². The standard InChI is InChI=1S/C27H42N8O2/c1-17-7-4-5-10-22(17)30-26-32-25(29-16-20-9-6-8-19(13-20)15-28)33-27(34-26)31-23-14-21(12-11-18(23)2)24(36)35-37-3/h11-12,14,17,19-20,22H,4-10,13,15-16,28H2,1-3H3,(H,35,36)(H3,29,30,31,32,33,34). The summed E-state index contributed by atoms with van der Waals surface area (Å²) >= 11 is 0. The van der Waals surface area contributed by atoms with E-state index in [0.717, 1.165) is 37.2 Å². The normalized spacial score (nSPS) is 23.8. The van der Waals surface area contributed by atoms with Gasteiger partial charge < -0.3 is 21.7 Å². The van der Waals surface area contributed by atoms with Crippen LogP contribution < -0.4 is 27.2 Å². The Hall–Kier alpha value is -2.98. The van der Waals surface area contributed by atoms with Crippen molar-refractivity contribution in [3.63, 3.8) is 0 Å². The lowest BCUT2D eigenvalue weighted by Gasteiger charge is -2.30. The highest BCUT2D eigenvalue weighted by molar-refractivity contribution is 5.94. The summed E-state index contributed by atoms with van der Waals surface area (Å²) in [6.07, 6.45) is 9.57. The minimum Gasteiger partial charge on any atom is -0.354 e. The third-order valence-electron chi connectivity index (χ3n) is 7.78. The highest BCUT2D eigenvalue weighted by Crippen LogP contribution is 2.29. The molecule has 2 aliphatic rings. The molecule has 202 valence electrons. The number of rotatable bonds is 10. The van der Waals surface area contributed by atoms with Crippen LogP contribution in [0.4, 0.5) is 23.5 Å². The van der Waals surface area contributed by atoms with Crippen molar-refractivity contribution in [2.75, 3.05) is 36.1 Å². The van der Waals surface area contributed by atoms with Crippen LogP contribution >= 0.6 is 0 Å². The van der Waals surface area contributed by atoms with Crippen LogP contribution in [0.2, 0.25) is 0 Å². The number of hydrogen-bond acceptors (Lipinski definition) is 9. The topological polar surface area (TPSA) is 139 Å². The fourth-order valence-corrected chi connectivity index (χ4v) is 5.48. The summed E-state index contributed by atoms with van der Waals surface area (Å²) in [6, 6.07) is 5.74. The van der Waals surface area contributed by atoms with Crippen LogP contribution in [0.25, 0.3) is 0 Å². The van der Waals surface area contributed by atoms with Crippen molar-refractivity contribution in [2.45, 2.75) is 71.3 Å². The molecule has 6 N–H and O–H groups in total. The number of hydroxylamine groups is 1. The van der Waals surface area contributed by atoms with Crippen LogP contribution in [0.1, 0.15) is 74.2 Å². The number of benzene rings is 1. The molecule has 2 aromatic rings. The zero-order valence-corrected chi connectivity index (χ0v) is 22.3. The lowest BCUT2D eigenvalue weighted by atomic mass is 9.81. The molecule has 1 aromatic heterocycles. The Balaban J connectivity index is 1.55. The van der Waals surface area contributed by atoms with Gasteiger partial charge >= 0.3 is 0 Å². The molecule has 4 atom stereocenters. The Labute approximate surface area is 219 Å². The van der Waals surface area contributed by atoms with E-state index in [9.17, 15) is 4.79 Å². The Morgan fingerprint density at radius 2 is 1.78 bits per heavy atom. The number of nitrogens with zero attached hydrogens (tertiary/aromatic N) is 3. The number of hydrogen-bond donors (Lipinski definition) is 5. The Kier molecular flexibility index (Phi) is 9.51. The maximum Gasteiger partial charge on any atom is 0.274 e. The van der Waals surface area contributed by atoms with E-state index in [0.29, 0.717) is 47.2 Å². The minimum absolute atomic E-state index is 0.319. The molecule has 4 rings (SSSR count). The maximum absolute atomic E-state index is 12.3. The van der Waals surface area contributed by atoms with Crippen molar-refractivity contribution >= 4 is 29.4 Å². The number of carbonyl (C=O) groups is 1. The molecule has 4 unspecified atom stereocenters. The quantitative estimate of drug-likeness (QED) is 0.295. The maximum atomic E-state index is 12.3. The molecule has 0 aliphatic heterocycles. The molecule has 0 bridgehead atoms. The Morgan fingerprint density at radius 3 is 2.57 bits per heavy atom. The predicted molar refractivity (Wildman–Crippen MR) is 147 cm³/mol. The summed E-state index contributed by atoms with van der Waals surface area (Å²) in [6.45, 7) is 5.82. The van der Waals surface area contributed by atoms with Gasteiger partial charge in [0.1, 0.15) is 0 Å². The third-order valence-corrected chi connectivity index (χ3v) is 7.78. The van der Waals surface area contributed by atoms with Gasteiger partial charge in [-0.15, -0.1) is 0 Å². The molecule has 2 fully saturated rings. The van der Waals surface area contributed by atoms with E-state index in [-0.39, 0.29) is 5.91 Å². The van der Waals surface area contributed by atoms with Crippen LogP contribution in [0.15, 0.2) is 18.2 Å². The second kappa shape index (κ2) is 13.0. The molecule has 0 radical (unpaired) electrons. The summed E-state index contributed by atoms with van der Waals surface area (Å²) in [7, 11) is 1.41. The zero-order valence-electron chi connectivity index (χ0n) is 22.3. The first-order valence-electron chi connectivity index (χ1n) is 13.6. The first-order valence-corrected chi connectivity index (χ1v) is 13.6. The van der Waals surface area contributed by atoms with Gasteiger partial charge in [-0.3, -0.25) is 9.63 Å². The van der Waals surface area contributed by atoms with Crippen molar-refractivity contribution < 1.29 is 9.63 Å². The number of aryl methyl sites for hydroxylation is 1. The molecule has 0 saturated heterocycles. The third kappa shape index (κ3) is 7.52.